The van der Waals surface area contributed by atoms with Crippen LogP contribution in [0.2, 0.25) is 0 Å². The number of hydrogen-bond donors (Lipinski definition) is 1. The summed E-state index contributed by atoms with van der Waals surface area (Å²) in [4.78, 5) is 0. The van der Waals surface area contributed by atoms with Crippen LogP contribution in [0.15, 0.2) is 18.2 Å². The Morgan fingerprint density at radius 2 is 2.06 bits per heavy atom. The van der Waals surface area contributed by atoms with Crippen molar-refractivity contribution in [2.75, 3.05) is 5.32 Å². The van der Waals surface area contributed by atoms with Crippen molar-refractivity contribution in [3.05, 3.63) is 29.3 Å². The van der Waals surface area contributed by atoms with E-state index in [0.717, 1.165) is 6.07 Å². The summed E-state index contributed by atoms with van der Waals surface area (Å²) in [5.41, 5.74) is -0.0456. The van der Waals surface area contributed by atoms with Crippen molar-refractivity contribution in [2.45, 2.75) is 38.9 Å². The summed E-state index contributed by atoms with van der Waals surface area (Å²) in [6, 6.07) is 6.01. The van der Waals surface area contributed by atoms with Crippen LogP contribution in [0.1, 0.15) is 30.9 Å². The fourth-order valence-electron chi connectivity index (χ4n) is 1.66. The Morgan fingerprint density at radius 1 is 1.39 bits per heavy atom. The zero-order valence-corrected chi connectivity index (χ0v) is 10.3. The van der Waals surface area contributed by atoms with E-state index in [9.17, 15) is 13.2 Å². The van der Waals surface area contributed by atoms with E-state index in [1.807, 2.05) is 13.0 Å². The highest BCUT2D eigenvalue weighted by molar-refractivity contribution is 5.50. The second kappa shape index (κ2) is 5.76. The minimum atomic E-state index is -4.35. The van der Waals surface area contributed by atoms with Crippen molar-refractivity contribution < 1.29 is 13.2 Å². The standard InChI is InChI=1S/C13H15F3N2/c1-3-10(6-7-17)18-11-5-4-9(2)12(8-11)13(14,15)16/h4-5,8,10,18H,3,6H2,1-2H3. The van der Waals surface area contributed by atoms with E-state index in [0.29, 0.717) is 12.1 Å². The average molecular weight is 256 g/mol. The van der Waals surface area contributed by atoms with Crippen molar-refractivity contribution in [3.8, 4) is 6.07 Å². The van der Waals surface area contributed by atoms with Gasteiger partial charge in [-0.2, -0.15) is 18.4 Å². The molecule has 0 amide bonds. The second-order valence-electron chi connectivity index (χ2n) is 4.14. The fraction of sp³-hybridized carbons (Fsp3) is 0.462. The van der Waals surface area contributed by atoms with Crippen LogP contribution in [-0.4, -0.2) is 6.04 Å². The van der Waals surface area contributed by atoms with Gasteiger partial charge < -0.3 is 5.32 Å². The molecule has 0 saturated carbocycles. The number of benzene rings is 1. The van der Waals surface area contributed by atoms with Gasteiger partial charge in [0.05, 0.1) is 18.1 Å². The van der Waals surface area contributed by atoms with Gasteiger partial charge in [-0.25, -0.2) is 0 Å². The number of alkyl halides is 3. The lowest BCUT2D eigenvalue weighted by Crippen LogP contribution is -2.18. The number of anilines is 1. The maximum Gasteiger partial charge on any atom is 0.416 e. The number of rotatable bonds is 4. The van der Waals surface area contributed by atoms with Gasteiger partial charge in [-0.3, -0.25) is 0 Å². The first-order chi connectivity index (χ1) is 8.38. The van der Waals surface area contributed by atoms with Crippen LogP contribution in [0.5, 0.6) is 0 Å². The Labute approximate surface area is 104 Å². The van der Waals surface area contributed by atoms with Gasteiger partial charge >= 0.3 is 6.18 Å². The highest BCUT2D eigenvalue weighted by Gasteiger charge is 2.32. The van der Waals surface area contributed by atoms with E-state index < -0.39 is 11.7 Å². The minimum absolute atomic E-state index is 0.126. The summed E-state index contributed by atoms with van der Waals surface area (Å²) in [7, 11) is 0. The number of nitriles is 1. The molecule has 1 rings (SSSR count). The van der Waals surface area contributed by atoms with Crippen LogP contribution in [0.3, 0.4) is 0 Å². The first-order valence-corrected chi connectivity index (χ1v) is 5.69. The van der Waals surface area contributed by atoms with Gasteiger partial charge in [-0.05, 0) is 31.0 Å². The number of aryl methyl sites for hydroxylation is 1. The highest BCUT2D eigenvalue weighted by Crippen LogP contribution is 2.33. The third kappa shape index (κ3) is 3.66. The zero-order chi connectivity index (χ0) is 13.8. The van der Waals surface area contributed by atoms with Crippen molar-refractivity contribution in [1.29, 1.82) is 5.26 Å². The van der Waals surface area contributed by atoms with E-state index in [1.54, 1.807) is 6.07 Å². The van der Waals surface area contributed by atoms with Gasteiger partial charge in [0.25, 0.3) is 0 Å². The second-order valence-corrected chi connectivity index (χ2v) is 4.14. The Kier molecular flexibility index (Phi) is 4.60. The van der Waals surface area contributed by atoms with Crippen molar-refractivity contribution in [3.63, 3.8) is 0 Å². The monoisotopic (exact) mass is 256 g/mol. The largest absolute Gasteiger partial charge is 0.416 e. The van der Waals surface area contributed by atoms with E-state index in [1.165, 1.54) is 13.0 Å². The van der Waals surface area contributed by atoms with Gasteiger partial charge in [0.15, 0.2) is 0 Å². The lowest BCUT2D eigenvalue weighted by atomic mass is 10.1. The first kappa shape index (κ1) is 14.4. The van der Waals surface area contributed by atoms with Crippen LogP contribution in [-0.2, 0) is 6.18 Å². The molecule has 98 valence electrons. The highest BCUT2D eigenvalue weighted by atomic mass is 19.4. The maximum atomic E-state index is 12.7. The van der Waals surface area contributed by atoms with Crippen LogP contribution in [0, 0.1) is 18.3 Å². The van der Waals surface area contributed by atoms with E-state index >= 15 is 0 Å². The van der Waals surface area contributed by atoms with Gasteiger partial charge in [0, 0.05) is 11.7 Å². The predicted molar refractivity (Wildman–Crippen MR) is 64.1 cm³/mol. The van der Waals surface area contributed by atoms with Crippen LogP contribution >= 0.6 is 0 Å². The van der Waals surface area contributed by atoms with Gasteiger partial charge in [-0.1, -0.05) is 13.0 Å². The summed E-state index contributed by atoms with van der Waals surface area (Å²) >= 11 is 0. The van der Waals surface area contributed by atoms with Gasteiger partial charge in [0.1, 0.15) is 0 Å². The molecule has 0 aliphatic rings. The molecule has 0 bridgehead atoms. The van der Waals surface area contributed by atoms with E-state index in [-0.39, 0.29) is 18.0 Å². The Balaban J connectivity index is 2.95. The number of nitrogens with zero attached hydrogens (tertiary/aromatic N) is 1. The number of halogens is 3. The Bertz CT molecular complexity index is 447. The molecule has 0 saturated heterocycles. The van der Waals surface area contributed by atoms with Gasteiger partial charge in [-0.15, -0.1) is 0 Å². The van der Waals surface area contributed by atoms with Crippen LogP contribution < -0.4 is 5.32 Å². The summed E-state index contributed by atoms with van der Waals surface area (Å²) in [6.07, 6.45) is -3.40. The van der Waals surface area contributed by atoms with Crippen molar-refractivity contribution in [1.82, 2.24) is 0 Å². The number of hydrogen-bond acceptors (Lipinski definition) is 2. The molecule has 0 aliphatic carbocycles. The zero-order valence-electron chi connectivity index (χ0n) is 10.3. The SMILES string of the molecule is CCC(CC#N)Nc1ccc(C)c(C(F)(F)F)c1. The quantitative estimate of drug-likeness (QED) is 0.879. The molecule has 0 heterocycles. The maximum absolute atomic E-state index is 12.7. The summed E-state index contributed by atoms with van der Waals surface area (Å²) in [5, 5.41) is 11.6. The molecule has 0 aromatic heterocycles. The molecule has 2 nitrogen and oxygen atoms in total. The molecule has 1 aromatic carbocycles. The van der Waals surface area contributed by atoms with E-state index in [2.05, 4.69) is 5.32 Å². The first-order valence-electron chi connectivity index (χ1n) is 5.69. The third-order valence-electron chi connectivity index (χ3n) is 2.74. The molecule has 18 heavy (non-hydrogen) atoms. The molecule has 0 aliphatic heterocycles. The van der Waals surface area contributed by atoms with Gasteiger partial charge in [0.2, 0.25) is 0 Å². The van der Waals surface area contributed by atoms with E-state index in [4.69, 9.17) is 5.26 Å². The van der Waals surface area contributed by atoms with Crippen LogP contribution in [0.25, 0.3) is 0 Å². The molecular weight excluding hydrogens is 241 g/mol. The summed E-state index contributed by atoms with van der Waals surface area (Å²) < 4.78 is 38.1. The molecule has 0 radical (unpaired) electrons. The normalized spacial score (nSPS) is 12.9. The minimum Gasteiger partial charge on any atom is -0.381 e. The lowest BCUT2D eigenvalue weighted by molar-refractivity contribution is -0.138. The molecule has 1 aromatic rings. The third-order valence-corrected chi connectivity index (χ3v) is 2.74. The fourth-order valence-corrected chi connectivity index (χ4v) is 1.66. The molecular formula is C13H15F3N2. The van der Waals surface area contributed by atoms with Crippen LogP contribution in [0.4, 0.5) is 18.9 Å². The Hall–Kier alpha value is -1.70. The molecule has 1 N–H and O–H groups in total. The van der Waals surface area contributed by atoms with Crippen molar-refractivity contribution >= 4 is 5.69 Å². The topological polar surface area (TPSA) is 35.8 Å². The lowest BCUT2D eigenvalue weighted by Gasteiger charge is -2.17. The molecule has 1 unspecified atom stereocenters. The summed E-state index contributed by atoms with van der Waals surface area (Å²) in [5.74, 6) is 0. The molecule has 1 atom stereocenters. The molecule has 5 heteroatoms. The number of nitrogens with one attached hydrogen (secondary N) is 1. The summed E-state index contributed by atoms with van der Waals surface area (Å²) in [6.45, 7) is 3.31. The molecule has 0 spiro atoms. The predicted octanol–water partition coefficient (Wildman–Crippen LogP) is 4.12. The van der Waals surface area contributed by atoms with Crippen molar-refractivity contribution in [2.24, 2.45) is 0 Å². The average Bonchev–Trinajstić information content (AvgIpc) is 2.29. The Morgan fingerprint density at radius 3 is 2.56 bits per heavy atom. The molecule has 0 fully saturated rings. The smallest absolute Gasteiger partial charge is 0.381 e.